The van der Waals surface area contributed by atoms with E-state index in [1.165, 1.54) is 12.7 Å². The molecule has 1 fully saturated rings. The number of furan rings is 1. The summed E-state index contributed by atoms with van der Waals surface area (Å²) in [4.78, 5) is 18.8. The van der Waals surface area contributed by atoms with Crippen molar-refractivity contribution in [2.45, 2.75) is 0 Å². The van der Waals surface area contributed by atoms with Crippen LogP contribution in [0.1, 0.15) is 10.5 Å². The molecule has 0 saturated carbocycles. The number of nitrogens with one attached hydrogen (secondary N) is 1. The van der Waals surface area contributed by atoms with Crippen LogP contribution in [-0.4, -0.2) is 35.5 Å². The Labute approximate surface area is 159 Å². The molecule has 8 heteroatoms. The van der Waals surface area contributed by atoms with Crippen LogP contribution in [0.4, 0.5) is 11.4 Å². The summed E-state index contributed by atoms with van der Waals surface area (Å²) in [6.07, 6.45) is 2.73. The Morgan fingerprint density at radius 1 is 1.23 bits per heavy atom. The van der Waals surface area contributed by atoms with Crippen LogP contribution in [0.25, 0.3) is 11.5 Å². The second-order valence-corrected chi connectivity index (χ2v) is 7.36. The van der Waals surface area contributed by atoms with Gasteiger partial charge in [0.25, 0.3) is 5.91 Å². The summed E-state index contributed by atoms with van der Waals surface area (Å²) in [6.45, 7) is 1.95. The number of benzene rings is 1. The lowest BCUT2D eigenvalue weighted by Crippen LogP contribution is -2.32. The molecule has 3 heterocycles. The fraction of sp³-hybridized carbons (Fsp3) is 0.222. The molecule has 0 radical (unpaired) electrons. The van der Waals surface area contributed by atoms with Gasteiger partial charge >= 0.3 is 0 Å². The predicted octanol–water partition coefficient (Wildman–Crippen LogP) is 4.39. The molecule has 0 spiro atoms. The van der Waals surface area contributed by atoms with Crippen LogP contribution in [0, 0.1) is 0 Å². The Balaban J connectivity index is 1.52. The first-order valence-corrected chi connectivity index (χ1v) is 9.66. The highest BCUT2D eigenvalue weighted by atomic mass is 35.5. The molecule has 0 unspecified atom stereocenters. The molecule has 6 nitrogen and oxygen atoms in total. The molecule has 1 amide bonds. The summed E-state index contributed by atoms with van der Waals surface area (Å²) in [5, 5.41) is 3.42. The van der Waals surface area contributed by atoms with Gasteiger partial charge < -0.3 is 19.1 Å². The van der Waals surface area contributed by atoms with Gasteiger partial charge in [-0.2, -0.15) is 11.8 Å². The third-order valence-corrected chi connectivity index (χ3v) is 5.33. The van der Waals surface area contributed by atoms with E-state index in [0.29, 0.717) is 22.2 Å². The maximum Gasteiger partial charge on any atom is 0.278 e. The lowest BCUT2D eigenvalue weighted by Gasteiger charge is -2.29. The van der Waals surface area contributed by atoms with E-state index in [1.807, 2.05) is 23.9 Å². The molecule has 1 N–H and O–H groups in total. The van der Waals surface area contributed by atoms with Gasteiger partial charge in [0.15, 0.2) is 17.8 Å². The second-order valence-electron chi connectivity index (χ2n) is 5.73. The van der Waals surface area contributed by atoms with E-state index in [4.69, 9.17) is 20.4 Å². The third kappa shape index (κ3) is 3.45. The SMILES string of the molecule is O=C(Nc1ccc(N2CCSCC2)c(Cl)c1)c1ncoc1-c1ccco1. The molecule has 1 aliphatic rings. The highest BCUT2D eigenvalue weighted by Gasteiger charge is 2.21. The average Bonchev–Trinajstić information content (AvgIpc) is 3.34. The molecular formula is C18H16ClN3O3S. The van der Waals surface area contributed by atoms with Crippen molar-refractivity contribution in [2.75, 3.05) is 34.8 Å². The van der Waals surface area contributed by atoms with Crippen molar-refractivity contribution in [3.8, 4) is 11.5 Å². The van der Waals surface area contributed by atoms with Crippen molar-refractivity contribution in [1.29, 1.82) is 0 Å². The van der Waals surface area contributed by atoms with E-state index >= 15 is 0 Å². The average molecular weight is 390 g/mol. The summed E-state index contributed by atoms with van der Waals surface area (Å²) in [6, 6.07) is 8.96. The fourth-order valence-corrected chi connectivity index (χ4v) is 4.03. The van der Waals surface area contributed by atoms with Crippen molar-refractivity contribution < 1.29 is 13.6 Å². The fourth-order valence-electron chi connectivity index (χ4n) is 2.83. The number of rotatable bonds is 4. The zero-order valence-electron chi connectivity index (χ0n) is 13.8. The number of hydrogen-bond donors (Lipinski definition) is 1. The summed E-state index contributed by atoms with van der Waals surface area (Å²) in [7, 11) is 0. The summed E-state index contributed by atoms with van der Waals surface area (Å²) in [5.74, 6) is 2.54. The van der Waals surface area contributed by atoms with Gasteiger partial charge in [-0.15, -0.1) is 0 Å². The van der Waals surface area contributed by atoms with Crippen LogP contribution < -0.4 is 10.2 Å². The molecular weight excluding hydrogens is 374 g/mol. The Morgan fingerprint density at radius 3 is 2.81 bits per heavy atom. The minimum absolute atomic E-state index is 0.160. The van der Waals surface area contributed by atoms with Crippen LogP contribution in [0.15, 0.2) is 51.8 Å². The maximum atomic E-state index is 12.6. The van der Waals surface area contributed by atoms with Gasteiger partial charge in [-0.3, -0.25) is 4.79 Å². The molecule has 0 atom stereocenters. The highest BCUT2D eigenvalue weighted by Crippen LogP contribution is 2.31. The molecule has 1 saturated heterocycles. The van der Waals surface area contributed by atoms with Crippen molar-refractivity contribution in [3.05, 3.63) is 53.7 Å². The topological polar surface area (TPSA) is 71.5 Å². The number of nitrogens with zero attached hydrogens (tertiary/aromatic N) is 2. The molecule has 1 aromatic carbocycles. The minimum atomic E-state index is -0.386. The van der Waals surface area contributed by atoms with Crippen LogP contribution in [0.3, 0.4) is 0 Å². The number of hydrogen-bond acceptors (Lipinski definition) is 6. The quantitative estimate of drug-likeness (QED) is 0.713. The normalized spacial score (nSPS) is 14.4. The first-order chi connectivity index (χ1) is 12.7. The van der Waals surface area contributed by atoms with E-state index in [0.717, 1.165) is 30.3 Å². The number of carbonyl (C=O) groups is 1. The molecule has 0 bridgehead atoms. The Bertz CT molecular complexity index is 904. The Morgan fingerprint density at radius 2 is 2.08 bits per heavy atom. The maximum absolute atomic E-state index is 12.6. The third-order valence-electron chi connectivity index (χ3n) is 4.08. The van der Waals surface area contributed by atoms with Crippen LogP contribution in [0.5, 0.6) is 0 Å². The lowest BCUT2D eigenvalue weighted by molar-refractivity contribution is 0.102. The van der Waals surface area contributed by atoms with Gasteiger partial charge in [-0.25, -0.2) is 4.98 Å². The second kappa shape index (κ2) is 7.47. The van der Waals surface area contributed by atoms with Crippen molar-refractivity contribution in [1.82, 2.24) is 4.98 Å². The molecule has 3 aromatic rings. The first-order valence-electron chi connectivity index (χ1n) is 8.13. The van der Waals surface area contributed by atoms with Gasteiger partial charge in [0.2, 0.25) is 5.76 Å². The number of halogens is 1. The highest BCUT2D eigenvalue weighted by molar-refractivity contribution is 7.99. The lowest BCUT2D eigenvalue weighted by atomic mass is 10.2. The van der Waals surface area contributed by atoms with E-state index < -0.39 is 0 Å². The van der Waals surface area contributed by atoms with Crippen LogP contribution in [-0.2, 0) is 0 Å². The molecule has 134 valence electrons. The largest absolute Gasteiger partial charge is 0.461 e. The standard InChI is InChI=1S/C18H16ClN3O3S/c19-13-10-12(3-4-14(13)22-5-8-26-9-6-22)21-18(23)16-17(25-11-20-16)15-2-1-7-24-15/h1-4,7,10-11H,5-6,8-9H2,(H,21,23). The van der Waals surface area contributed by atoms with Crippen molar-refractivity contribution in [3.63, 3.8) is 0 Å². The molecule has 4 rings (SSSR count). The van der Waals surface area contributed by atoms with E-state index in [1.54, 1.807) is 18.2 Å². The summed E-state index contributed by atoms with van der Waals surface area (Å²) in [5.41, 5.74) is 1.75. The zero-order valence-corrected chi connectivity index (χ0v) is 15.3. The number of anilines is 2. The van der Waals surface area contributed by atoms with Gasteiger partial charge in [0.1, 0.15) is 0 Å². The predicted molar refractivity (Wildman–Crippen MR) is 103 cm³/mol. The summed E-state index contributed by atoms with van der Waals surface area (Å²) < 4.78 is 10.6. The van der Waals surface area contributed by atoms with Gasteiger partial charge in [-0.05, 0) is 30.3 Å². The van der Waals surface area contributed by atoms with E-state index in [9.17, 15) is 4.79 Å². The van der Waals surface area contributed by atoms with Crippen LogP contribution >= 0.6 is 23.4 Å². The van der Waals surface area contributed by atoms with Crippen molar-refractivity contribution in [2.24, 2.45) is 0 Å². The molecule has 1 aliphatic heterocycles. The Hall–Kier alpha value is -2.38. The van der Waals surface area contributed by atoms with E-state index in [-0.39, 0.29) is 11.6 Å². The summed E-state index contributed by atoms with van der Waals surface area (Å²) >= 11 is 8.38. The minimum Gasteiger partial charge on any atom is -0.461 e. The Kier molecular flexibility index (Phi) is 4.90. The number of thioether (sulfide) groups is 1. The van der Waals surface area contributed by atoms with Gasteiger partial charge in [-0.1, -0.05) is 11.6 Å². The molecule has 26 heavy (non-hydrogen) atoms. The molecule has 2 aromatic heterocycles. The van der Waals surface area contributed by atoms with Crippen LogP contribution in [0.2, 0.25) is 5.02 Å². The smallest absolute Gasteiger partial charge is 0.278 e. The number of oxazole rings is 1. The van der Waals surface area contributed by atoms with Gasteiger partial charge in [0, 0.05) is 30.3 Å². The van der Waals surface area contributed by atoms with Crippen molar-refractivity contribution >= 4 is 40.6 Å². The first kappa shape index (κ1) is 17.1. The van der Waals surface area contributed by atoms with E-state index in [2.05, 4.69) is 15.2 Å². The number of aromatic nitrogens is 1. The zero-order chi connectivity index (χ0) is 17.9. The molecule has 0 aliphatic carbocycles. The van der Waals surface area contributed by atoms with Gasteiger partial charge in [0.05, 0.1) is 17.0 Å². The number of amides is 1. The monoisotopic (exact) mass is 389 g/mol. The number of carbonyl (C=O) groups excluding carboxylic acids is 1.